The summed E-state index contributed by atoms with van der Waals surface area (Å²) in [6.07, 6.45) is 2.73. The second-order valence-corrected chi connectivity index (χ2v) is 5.78. The van der Waals surface area contributed by atoms with Crippen LogP contribution in [0.15, 0.2) is 24.3 Å². The van der Waals surface area contributed by atoms with E-state index in [0.717, 1.165) is 13.2 Å². The number of hydrogen-bond donors (Lipinski definition) is 1. The minimum atomic E-state index is -0.490. The number of likely N-dealkylation sites (tertiary alicyclic amines) is 1. The molecule has 2 fully saturated rings. The maximum atomic E-state index is 5.95. The highest BCUT2D eigenvalue weighted by atomic mass is 16.7. The fourth-order valence-electron chi connectivity index (χ4n) is 3.64. The maximum absolute atomic E-state index is 5.95. The smallest absolute Gasteiger partial charge is 0.215 e. The number of rotatable bonds is 2. The SMILES string of the molecule is c1ccc2c(c1)N(C[NH+]1CCCC1)CC21OCCO1. The Bertz CT molecular complexity index is 465. The van der Waals surface area contributed by atoms with E-state index in [4.69, 9.17) is 9.47 Å². The quantitative estimate of drug-likeness (QED) is 0.831. The molecule has 0 unspecified atom stereocenters. The molecular formula is C15H21N2O2+. The molecule has 4 rings (SSSR count). The average molecular weight is 261 g/mol. The van der Waals surface area contributed by atoms with Gasteiger partial charge in [0.05, 0.1) is 38.5 Å². The predicted octanol–water partition coefficient (Wildman–Crippen LogP) is 0.342. The van der Waals surface area contributed by atoms with Crippen molar-refractivity contribution in [3.63, 3.8) is 0 Å². The third-order valence-electron chi connectivity index (χ3n) is 4.53. The molecule has 0 bridgehead atoms. The van der Waals surface area contributed by atoms with Crippen LogP contribution in [0, 0.1) is 0 Å². The largest absolute Gasteiger partial charge is 0.342 e. The number of benzene rings is 1. The molecule has 102 valence electrons. The van der Waals surface area contributed by atoms with Crippen molar-refractivity contribution in [2.45, 2.75) is 18.6 Å². The molecule has 0 aliphatic carbocycles. The summed E-state index contributed by atoms with van der Waals surface area (Å²) in [5.74, 6) is -0.490. The van der Waals surface area contributed by atoms with Gasteiger partial charge in [-0.3, -0.25) is 0 Å². The summed E-state index contributed by atoms with van der Waals surface area (Å²) in [4.78, 5) is 4.13. The monoisotopic (exact) mass is 261 g/mol. The van der Waals surface area contributed by atoms with Crippen LogP contribution >= 0.6 is 0 Å². The molecule has 1 aromatic rings. The number of ether oxygens (including phenoxy) is 2. The number of hydrogen-bond acceptors (Lipinski definition) is 3. The van der Waals surface area contributed by atoms with Gasteiger partial charge in [-0.2, -0.15) is 0 Å². The van der Waals surface area contributed by atoms with Crippen molar-refractivity contribution in [3.05, 3.63) is 29.8 Å². The summed E-state index contributed by atoms with van der Waals surface area (Å²) in [6, 6.07) is 8.54. The van der Waals surface area contributed by atoms with Crippen LogP contribution in [0.5, 0.6) is 0 Å². The number of nitrogens with zero attached hydrogens (tertiary/aromatic N) is 1. The second kappa shape index (κ2) is 4.47. The standard InChI is InChI=1S/C15H20N2O2/c1-2-6-14-13(5-1)15(18-9-10-19-15)11-17(14)12-16-7-3-4-8-16/h1-2,5-6H,3-4,7-12H2/p+1. The van der Waals surface area contributed by atoms with Crippen molar-refractivity contribution in [2.75, 3.05) is 44.4 Å². The van der Waals surface area contributed by atoms with Crippen LogP contribution in [-0.4, -0.2) is 39.5 Å². The summed E-state index contributed by atoms with van der Waals surface area (Å²) in [5, 5.41) is 0. The molecule has 19 heavy (non-hydrogen) atoms. The molecule has 4 heteroatoms. The number of quaternary nitrogens is 1. The zero-order valence-corrected chi connectivity index (χ0v) is 11.2. The molecule has 1 N–H and O–H groups in total. The zero-order valence-electron chi connectivity index (χ0n) is 11.2. The van der Waals surface area contributed by atoms with Crippen molar-refractivity contribution >= 4 is 5.69 Å². The Kier molecular flexibility index (Phi) is 2.76. The van der Waals surface area contributed by atoms with E-state index in [9.17, 15) is 0 Å². The fraction of sp³-hybridized carbons (Fsp3) is 0.600. The van der Waals surface area contributed by atoms with Crippen molar-refractivity contribution in [2.24, 2.45) is 0 Å². The molecule has 1 spiro atoms. The van der Waals surface area contributed by atoms with E-state index in [1.54, 1.807) is 4.90 Å². The van der Waals surface area contributed by atoms with Crippen molar-refractivity contribution in [3.8, 4) is 0 Å². The fourth-order valence-corrected chi connectivity index (χ4v) is 3.64. The van der Waals surface area contributed by atoms with Crippen LogP contribution in [0.2, 0.25) is 0 Å². The summed E-state index contributed by atoms with van der Waals surface area (Å²) < 4.78 is 11.9. The molecule has 0 amide bonds. The van der Waals surface area contributed by atoms with Gasteiger partial charge in [-0.1, -0.05) is 18.2 Å². The Morgan fingerprint density at radius 2 is 1.84 bits per heavy atom. The molecule has 3 heterocycles. The van der Waals surface area contributed by atoms with Gasteiger partial charge in [0.2, 0.25) is 5.79 Å². The molecular weight excluding hydrogens is 240 g/mol. The van der Waals surface area contributed by atoms with E-state index < -0.39 is 5.79 Å². The van der Waals surface area contributed by atoms with Gasteiger partial charge in [-0.15, -0.1) is 0 Å². The second-order valence-electron chi connectivity index (χ2n) is 5.78. The highest BCUT2D eigenvalue weighted by Gasteiger charge is 2.48. The molecule has 2 saturated heterocycles. The molecule has 0 aromatic heterocycles. The van der Waals surface area contributed by atoms with Gasteiger partial charge in [0.25, 0.3) is 0 Å². The van der Waals surface area contributed by atoms with Gasteiger partial charge in [-0.25, -0.2) is 0 Å². The van der Waals surface area contributed by atoms with E-state index in [2.05, 4.69) is 29.2 Å². The van der Waals surface area contributed by atoms with Crippen LogP contribution in [0.4, 0.5) is 5.69 Å². The van der Waals surface area contributed by atoms with E-state index >= 15 is 0 Å². The molecule has 3 aliphatic heterocycles. The van der Waals surface area contributed by atoms with E-state index in [1.165, 1.54) is 37.2 Å². The van der Waals surface area contributed by atoms with Crippen LogP contribution in [0.3, 0.4) is 0 Å². The summed E-state index contributed by atoms with van der Waals surface area (Å²) >= 11 is 0. The minimum Gasteiger partial charge on any atom is -0.342 e. The van der Waals surface area contributed by atoms with E-state index in [-0.39, 0.29) is 0 Å². The van der Waals surface area contributed by atoms with Crippen LogP contribution in [-0.2, 0) is 15.3 Å². The Hall–Kier alpha value is -1.10. The third kappa shape index (κ3) is 1.86. The Morgan fingerprint density at radius 3 is 2.63 bits per heavy atom. The van der Waals surface area contributed by atoms with Crippen molar-refractivity contribution < 1.29 is 14.4 Å². The van der Waals surface area contributed by atoms with Gasteiger partial charge >= 0.3 is 0 Å². The van der Waals surface area contributed by atoms with Gasteiger partial charge in [0.15, 0.2) is 6.67 Å². The first-order valence-electron chi connectivity index (χ1n) is 7.33. The maximum Gasteiger partial charge on any atom is 0.215 e. The summed E-state index contributed by atoms with van der Waals surface area (Å²) in [7, 11) is 0. The first-order chi connectivity index (χ1) is 9.37. The summed E-state index contributed by atoms with van der Waals surface area (Å²) in [5.41, 5.74) is 2.51. The summed E-state index contributed by atoms with van der Waals surface area (Å²) in [6.45, 7) is 5.93. The average Bonchev–Trinajstić information content (AvgIpc) is 3.15. The lowest BCUT2D eigenvalue weighted by Crippen LogP contribution is -3.11. The van der Waals surface area contributed by atoms with E-state index in [1.807, 2.05) is 0 Å². The molecule has 0 radical (unpaired) electrons. The molecule has 1 aromatic carbocycles. The minimum absolute atomic E-state index is 0.490. The van der Waals surface area contributed by atoms with Gasteiger partial charge in [0, 0.05) is 18.4 Å². The molecule has 0 atom stereocenters. The molecule has 3 aliphatic rings. The van der Waals surface area contributed by atoms with Gasteiger partial charge < -0.3 is 19.3 Å². The van der Waals surface area contributed by atoms with Gasteiger partial charge in [0.1, 0.15) is 0 Å². The first-order valence-corrected chi connectivity index (χ1v) is 7.33. The zero-order chi connectivity index (χ0) is 12.7. The van der Waals surface area contributed by atoms with Crippen LogP contribution in [0.1, 0.15) is 18.4 Å². The Labute approximate surface area is 113 Å². The number of nitrogens with one attached hydrogen (secondary N) is 1. The molecule has 4 nitrogen and oxygen atoms in total. The van der Waals surface area contributed by atoms with Crippen molar-refractivity contribution in [1.29, 1.82) is 0 Å². The topological polar surface area (TPSA) is 26.1 Å². The Balaban J connectivity index is 1.63. The number of para-hydroxylation sites is 1. The van der Waals surface area contributed by atoms with Crippen LogP contribution in [0.25, 0.3) is 0 Å². The molecule has 0 saturated carbocycles. The lowest BCUT2D eigenvalue weighted by Gasteiger charge is -2.25. The van der Waals surface area contributed by atoms with Gasteiger partial charge in [-0.05, 0) is 6.07 Å². The number of fused-ring (bicyclic) bond motifs is 2. The Morgan fingerprint density at radius 1 is 1.11 bits per heavy atom. The predicted molar refractivity (Wildman–Crippen MR) is 72.2 cm³/mol. The highest BCUT2D eigenvalue weighted by molar-refractivity contribution is 5.60. The number of anilines is 1. The van der Waals surface area contributed by atoms with E-state index in [0.29, 0.717) is 13.2 Å². The first kappa shape index (κ1) is 11.7. The lowest BCUT2D eigenvalue weighted by atomic mass is 10.1. The highest BCUT2D eigenvalue weighted by Crippen LogP contribution is 2.43. The normalized spacial score (nSPS) is 25.4. The lowest BCUT2D eigenvalue weighted by molar-refractivity contribution is -0.886. The van der Waals surface area contributed by atoms with Crippen LogP contribution < -0.4 is 9.80 Å². The third-order valence-corrected chi connectivity index (χ3v) is 4.53. The van der Waals surface area contributed by atoms with Crippen molar-refractivity contribution in [1.82, 2.24) is 0 Å².